The molecule has 2 saturated carbocycles. The van der Waals surface area contributed by atoms with Crippen molar-refractivity contribution in [3.63, 3.8) is 0 Å². The van der Waals surface area contributed by atoms with Crippen molar-refractivity contribution in [3.05, 3.63) is 0 Å². The van der Waals surface area contributed by atoms with Crippen molar-refractivity contribution in [2.45, 2.75) is 65.1 Å². The topological polar surface area (TPSA) is 32.7 Å². The highest BCUT2D eigenvalue weighted by molar-refractivity contribution is 5.11. The van der Waals surface area contributed by atoms with Gasteiger partial charge in [0.1, 0.15) is 0 Å². The Kier molecular flexibility index (Phi) is 3.89. The van der Waals surface area contributed by atoms with Crippen molar-refractivity contribution in [2.75, 3.05) is 26.2 Å². The Hall–Kier alpha value is -0.120. The zero-order valence-electron chi connectivity index (χ0n) is 13.4. The summed E-state index contributed by atoms with van der Waals surface area (Å²) in [5, 5.41) is 10.2. The van der Waals surface area contributed by atoms with E-state index in [2.05, 4.69) is 25.7 Å². The Bertz CT molecular complexity index is 351. The Labute approximate surface area is 123 Å². The third kappa shape index (κ3) is 2.32. The van der Waals surface area contributed by atoms with Crippen LogP contribution in [0.15, 0.2) is 0 Å². The van der Waals surface area contributed by atoms with Crippen molar-refractivity contribution < 1.29 is 9.84 Å². The number of ether oxygens (including phenoxy) is 1. The highest BCUT2D eigenvalue weighted by atomic mass is 16.5. The molecule has 3 rings (SSSR count). The van der Waals surface area contributed by atoms with Crippen LogP contribution in [0.3, 0.4) is 0 Å². The molecule has 0 aromatic heterocycles. The maximum absolute atomic E-state index is 10.2. The minimum atomic E-state index is -0.320. The summed E-state index contributed by atoms with van der Waals surface area (Å²) in [4.78, 5) is 2.36. The molecule has 1 saturated heterocycles. The molecule has 1 aliphatic heterocycles. The van der Waals surface area contributed by atoms with Crippen LogP contribution >= 0.6 is 0 Å². The largest absolute Gasteiger partial charge is 0.389 e. The first-order valence-corrected chi connectivity index (χ1v) is 8.45. The molecule has 20 heavy (non-hydrogen) atoms. The quantitative estimate of drug-likeness (QED) is 0.841. The number of rotatable bonds is 5. The van der Waals surface area contributed by atoms with Gasteiger partial charge in [-0.15, -0.1) is 0 Å². The fourth-order valence-electron chi connectivity index (χ4n) is 4.93. The molecular formula is C17H31NO2. The summed E-state index contributed by atoms with van der Waals surface area (Å²) in [6.07, 6.45) is 6.44. The van der Waals surface area contributed by atoms with E-state index in [0.717, 1.165) is 25.6 Å². The summed E-state index contributed by atoms with van der Waals surface area (Å²) in [7, 11) is 0. The van der Waals surface area contributed by atoms with Crippen LogP contribution in [0.4, 0.5) is 0 Å². The molecule has 0 radical (unpaired) electrons. The average Bonchev–Trinajstić information content (AvgIpc) is 3.01. The van der Waals surface area contributed by atoms with E-state index >= 15 is 0 Å². The third-order valence-electron chi connectivity index (χ3n) is 6.87. The highest BCUT2D eigenvalue weighted by Gasteiger charge is 2.61. The molecule has 3 fully saturated rings. The molecule has 0 aromatic rings. The van der Waals surface area contributed by atoms with Crippen molar-refractivity contribution in [1.29, 1.82) is 0 Å². The van der Waals surface area contributed by atoms with Crippen molar-refractivity contribution in [1.82, 2.24) is 4.90 Å². The van der Waals surface area contributed by atoms with Gasteiger partial charge >= 0.3 is 0 Å². The van der Waals surface area contributed by atoms with Crippen LogP contribution in [0, 0.1) is 16.7 Å². The lowest BCUT2D eigenvalue weighted by Crippen LogP contribution is -2.40. The van der Waals surface area contributed by atoms with Gasteiger partial charge in [0.25, 0.3) is 0 Å². The van der Waals surface area contributed by atoms with Gasteiger partial charge in [0.2, 0.25) is 0 Å². The van der Waals surface area contributed by atoms with Crippen molar-refractivity contribution in [2.24, 2.45) is 16.7 Å². The van der Waals surface area contributed by atoms with Crippen LogP contribution in [0.5, 0.6) is 0 Å². The van der Waals surface area contributed by atoms with Crippen molar-refractivity contribution >= 4 is 0 Å². The van der Waals surface area contributed by atoms with Crippen LogP contribution in [-0.2, 0) is 4.74 Å². The predicted molar refractivity (Wildman–Crippen MR) is 80.6 cm³/mol. The smallest absolute Gasteiger partial charge is 0.0900 e. The fourth-order valence-corrected chi connectivity index (χ4v) is 4.93. The van der Waals surface area contributed by atoms with E-state index in [1.165, 1.54) is 32.1 Å². The van der Waals surface area contributed by atoms with E-state index in [9.17, 15) is 5.11 Å². The van der Waals surface area contributed by atoms with Gasteiger partial charge in [0.05, 0.1) is 18.8 Å². The summed E-state index contributed by atoms with van der Waals surface area (Å²) < 4.78 is 6.17. The van der Waals surface area contributed by atoms with Gasteiger partial charge in [-0.05, 0) is 61.9 Å². The molecule has 3 heteroatoms. The molecule has 1 heterocycles. The van der Waals surface area contributed by atoms with Crippen LogP contribution in [-0.4, -0.2) is 48.5 Å². The molecule has 2 bridgehead atoms. The van der Waals surface area contributed by atoms with Gasteiger partial charge in [0.15, 0.2) is 0 Å². The standard InChI is InChI=1S/C17H31NO2/c1-16(2)13-6-7-17(16,3)15(10-13)20-12-14(19)11-18-8-4-5-9-18/h13-15,19H,4-12H2,1-3H3/t13-,14-,15-,17-/m0/s1. The van der Waals surface area contributed by atoms with Crippen LogP contribution in [0.2, 0.25) is 0 Å². The van der Waals surface area contributed by atoms with E-state index in [-0.39, 0.29) is 6.10 Å². The van der Waals surface area contributed by atoms with E-state index in [1.54, 1.807) is 0 Å². The fraction of sp³-hybridized carbons (Fsp3) is 1.00. The first-order chi connectivity index (χ1) is 9.43. The Morgan fingerprint density at radius 2 is 1.95 bits per heavy atom. The summed E-state index contributed by atoms with van der Waals surface area (Å²) in [6.45, 7) is 10.8. The summed E-state index contributed by atoms with van der Waals surface area (Å²) in [5.41, 5.74) is 0.711. The third-order valence-corrected chi connectivity index (χ3v) is 6.87. The number of hydrogen-bond acceptors (Lipinski definition) is 3. The molecule has 0 aromatic carbocycles. The summed E-state index contributed by atoms with van der Waals surface area (Å²) >= 11 is 0. The minimum absolute atomic E-state index is 0.311. The highest BCUT2D eigenvalue weighted by Crippen LogP contribution is 2.66. The maximum atomic E-state index is 10.2. The molecule has 116 valence electrons. The van der Waals surface area contributed by atoms with Crippen LogP contribution in [0.25, 0.3) is 0 Å². The Morgan fingerprint density at radius 1 is 1.25 bits per heavy atom. The molecule has 3 nitrogen and oxygen atoms in total. The van der Waals surface area contributed by atoms with Gasteiger partial charge in [-0.1, -0.05) is 20.8 Å². The molecule has 0 unspecified atom stereocenters. The van der Waals surface area contributed by atoms with Gasteiger partial charge in [-0.3, -0.25) is 0 Å². The molecule has 2 aliphatic carbocycles. The SMILES string of the molecule is CC1(C)[C@H]2CC[C@@]1(C)[C@@H](OC[C@@H](O)CN1CCCC1)C2. The zero-order valence-corrected chi connectivity index (χ0v) is 13.4. The molecular weight excluding hydrogens is 250 g/mol. The van der Waals surface area contributed by atoms with Gasteiger partial charge < -0.3 is 14.7 Å². The molecule has 4 atom stereocenters. The normalized spacial score (nSPS) is 41.4. The zero-order chi connectivity index (χ0) is 14.4. The molecule has 1 N–H and O–H groups in total. The summed E-state index contributed by atoms with van der Waals surface area (Å²) in [6, 6.07) is 0. The number of aliphatic hydroxyl groups is 1. The second kappa shape index (κ2) is 5.26. The van der Waals surface area contributed by atoms with Gasteiger partial charge in [0, 0.05) is 6.54 Å². The van der Waals surface area contributed by atoms with Gasteiger partial charge in [-0.2, -0.15) is 0 Å². The van der Waals surface area contributed by atoms with E-state index < -0.39 is 0 Å². The number of β-amino-alcohol motifs (C(OH)–C–C–N with tert-alkyl or cyclic N) is 1. The molecule has 3 aliphatic rings. The lowest BCUT2D eigenvalue weighted by atomic mass is 9.70. The summed E-state index contributed by atoms with van der Waals surface area (Å²) in [5.74, 6) is 0.813. The number of aliphatic hydroxyl groups excluding tert-OH is 1. The van der Waals surface area contributed by atoms with Crippen molar-refractivity contribution in [3.8, 4) is 0 Å². The maximum Gasteiger partial charge on any atom is 0.0900 e. The second-order valence-corrected chi connectivity index (χ2v) is 8.09. The van der Waals surface area contributed by atoms with E-state index in [0.29, 0.717) is 23.5 Å². The molecule has 0 spiro atoms. The number of likely N-dealkylation sites (tertiary alicyclic amines) is 1. The predicted octanol–water partition coefficient (Wildman–Crippen LogP) is 2.67. The monoisotopic (exact) mass is 281 g/mol. The Morgan fingerprint density at radius 3 is 2.50 bits per heavy atom. The first kappa shape index (κ1) is 14.8. The van der Waals surface area contributed by atoms with Crippen LogP contribution in [0.1, 0.15) is 52.9 Å². The minimum Gasteiger partial charge on any atom is -0.389 e. The number of nitrogens with zero attached hydrogens (tertiary/aromatic N) is 1. The average molecular weight is 281 g/mol. The second-order valence-electron chi connectivity index (χ2n) is 8.09. The first-order valence-electron chi connectivity index (χ1n) is 8.45. The van der Waals surface area contributed by atoms with E-state index in [1.807, 2.05) is 0 Å². The lowest BCUT2D eigenvalue weighted by Gasteiger charge is -2.39. The molecule has 0 amide bonds. The van der Waals surface area contributed by atoms with Crippen LogP contribution < -0.4 is 0 Å². The number of fused-ring (bicyclic) bond motifs is 2. The van der Waals surface area contributed by atoms with Gasteiger partial charge in [-0.25, -0.2) is 0 Å². The Balaban J connectivity index is 1.49. The lowest BCUT2D eigenvalue weighted by molar-refractivity contribution is -0.0785. The number of hydrogen-bond donors (Lipinski definition) is 1. The van der Waals surface area contributed by atoms with E-state index in [4.69, 9.17) is 4.74 Å².